The number of aliphatic hydroxyl groups is 1. The third kappa shape index (κ3) is 4.90. The molecule has 1 aromatic carbocycles. The van der Waals surface area contributed by atoms with Gasteiger partial charge in [-0.1, -0.05) is 0 Å². The van der Waals surface area contributed by atoms with Gasteiger partial charge in [0.1, 0.15) is 0 Å². The van der Waals surface area contributed by atoms with Crippen LogP contribution in [0.5, 0.6) is 11.5 Å². The van der Waals surface area contributed by atoms with Gasteiger partial charge < -0.3 is 25.2 Å². The summed E-state index contributed by atoms with van der Waals surface area (Å²) in [7, 11) is 3.62. The maximum absolute atomic E-state index is 8.88. The lowest BCUT2D eigenvalue weighted by molar-refractivity contribution is 0.220. The lowest BCUT2D eigenvalue weighted by Crippen LogP contribution is -2.23. The lowest BCUT2D eigenvalue weighted by Gasteiger charge is -2.17. The van der Waals surface area contributed by atoms with Gasteiger partial charge in [0, 0.05) is 23.9 Å². The molecule has 1 aromatic rings. The van der Waals surface area contributed by atoms with Crippen molar-refractivity contribution in [1.82, 2.24) is 4.90 Å². The zero-order valence-electron chi connectivity index (χ0n) is 12.7. The first-order valence-electron chi connectivity index (χ1n) is 7.01. The molecule has 0 aliphatic carbocycles. The Hall–Kier alpha value is -1.46. The van der Waals surface area contributed by atoms with E-state index in [0.29, 0.717) is 24.6 Å². The van der Waals surface area contributed by atoms with E-state index in [9.17, 15) is 0 Å². The molecular weight excluding hydrogens is 256 g/mol. The van der Waals surface area contributed by atoms with Crippen molar-refractivity contribution in [3.8, 4) is 11.5 Å². The van der Waals surface area contributed by atoms with E-state index in [1.807, 2.05) is 20.0 Å². The normalized spacial score (nSPS) is 10.8. The molecule has 0 radical (unpaired) electrons. The van der Waals surface area contributed by atoms with Crippen LogP contribution in [0.2, 0.25) is 0 Å². The number of benzene rings is 1. The van der Waals surface area contributed by atoms with Crippen molar-refractivity contribution >= 4 is 5.69 Å². The van der Waals surface area contributed by atoms with Crippen molar-refractivity contribution in [2.75, 3.05) is 46.2 Å². The second kappa shape index (κ2) is 8.66. The van der Waals surface area contributed by atoms with Gasteiger partial charge in [0.15, 0.2) is 11.5 Å². The summed E-state index contributed by atoms with van der Waals surface area (Å²) in [4.78, 5) is 2.10. The fraction of sp³-hybridized carbons (Fsp3) is 0.600. The minimum atomic E-state index is 0.187. The van der Waals surface area contributed by atoms with Crippen LogP contribution in [-0.2, 0) is 6.42 Å². The molecule has 0 aromatic heterocycles. The van der Waals surface area contributed by atoms with E-state index in [1.165, 1.54) is 0 Å². The second-order valence-electron chi connectivity index (χ2n) is 4.77. The molecule has 0 fully saturated rings. The minimum absolute atomic E-state index is 0.187. The summed E-state index contributed by atoms with van der Waals surface area (Å²) < 4.78 is 11.0. The quantitative estimate of drug-likeness (QED) is 0.672. The number of anilines is 1. The molecule has 0 spiro atoms. The van der Waals surface area contributed by atoms with E-state index in [1.54, 1.807) is 13.2 Å². The highest BCUT2D eigenvalue weighted by atomic mass is 16.5. The number of nitrogens with zero attached hydrogens (tertiary/aromatic N) is 1. The van der Waals surface area contributed by atoms with E-state index >= 15 is 0 Å². The Kier molecular flexibility index (Phi) is 7.18. The monoisotopic (exact) mass is 282 g/mol. The van der Waals surface area contributed by atoms with E-state index in [-0.39, 0.29) is 6.61 Å². The third-order valence-corrected chi connectivity index (χ3v) is 3.13. The van der Waals surface area contributed by atoms with Crippen molar-refractivity contribution in [3.05, 3.63) is 17.7 Å². The fourth-order valence-electron chi connectivity index (χ4n) is 2.15. The summed E-state index contributed by atoms with van der Waals surface area (Å²) in [6.45, 7) is 4.35. The summed E-state index contributed by atoms with van der Waals surface area (Å²) in [6.07, 6.45) is 1.84. The number of nitrogens with two attached hydrogens (primary N) is 1. The smallest absolute Gasteiger partial charge is 0.164 e. The molecule has 0 heterocycles. The molecule has 0 saturated heterocycles. The van der Waals surface area contributed by atoms with Crippen molar-refractivity contribution in [2.45, 2.75) is 19.8 Å². The Morgan fingerprint density at radius 2 is 2.05 bits per heavy atom. The Balaban J connectivity index is 2.74. The van der Waals surface area contributed by atoms with Gasteiger partial charge >= 0.3 is 0 Å². The van der Waals surface area contributed by atoms with Crippen LogP contribution in [0, 0.1) is 0 Å². The number of nitrogen functional groups attached to an aromatic ring is 1. The molecule has 5 nitrogen and oxygen atoms in total. The maximum atomic E-state index is 8.88. The highest BCUT2D eigenvalue weighted by Gasteiger charge is 2.12. The number of aliphatic hydroxyl groups excluding tert-OH is 1. The van der Waals surface area contributed by atoms with Crippen LogP contribution in [-0.4, -0.2) is 50.5 Å². The summed E-state index contributed by atoms with van der Waals surface area (Å²) in [5.74, 6) is 1.47. The molecule has 3 N–H and O–H groups in total. The van der Waals surface area contributed by atoms with Gasteiger partial charge in [-0.15, -0.1) is 0 Å². The highest BCUT2D eigenvalue weighted by Crippen LogP contribution is 2.34. The fourth-order valence-corrected chi connectivity index (χ4v) is 2.15. The Bertz CT molecular complexity index is 410. The van der Waals surface area contributed by atoms with Crippen LogP contribution in [0.15, 0.2) is 12.1 Å². The summed E-state index contributed by atoms with van der Waals surface area (Å²) >= 11 is 0. The van der Waals surface area contributed by atoms with E-state index < -0.39 is 0 Å². The van der Waals surface area contributed by atoms with Gasteiger partial charge in [-0.05, 0) is 39.4 Å². The molecule has 20 heavy (non-hydrogen) atoms. The van der Waals surface area contributed by atoms with Crippen molar-refractivity contribution in [3.63, 3.8) is 0 Å². The van der Waals surface area contributed by atoms with Crippen molar-refractivity contribution in [2.24, 2.45) is 0 Å². The predicted molar refractivity (Wildman–Crippen MR) is 81.5 cm³/mol. The number of rotatable bonds is 9. The molecule has 0 atom stereocenters. The van der Waals surface area contributed by atoms with Gasteiger partial charge in [-0.2, -0.15) is 0 Å². The molecule has 0 bridgehead atoms. The van der Waals surface area contributed by atoms with E-state index in [4.69, 9.17) is 20.3 Å². The third-order valence-electron chi connectivity index (χ3n) is 3.13. The minimum Gasteiger partial charge on any atom is -0.493 e. The lowest BCUT2D eigenvalue weighted by atomic mass is 10.1. The highest BCUT2D eigenvalue weighted by molar-refractivity contribution is 5.57. The SMILES string of the molecule is CCOc1c(CCCN(C)CCO)cc(N)cc1OC. The first-order chi connectivity index (χ1) is 9.62. The van der Waals surface area contributed by atoms with Gasteiger partial charge in [0.05, 0.1) is 20.3 Å². The number of ether oxygens (including phenoxy) is 2. The first-order valence-corrected chi connectivity index (χ1v) is 7.01. The van der Waals surface area contributed by atoms with Crippen LogP contribution < -0.4 is 15.2 Å². The van der Waals surface area contributed by atoms with E-state index in [0.717, 1.165) is 30.7 Å². The van der Waals surface area contributed by atoms with Gasteiger partial charge in [0.25, 0.3) is 0 Å². The maximum Gasteiger partial charge on any atom is 0.164 e. The molecule has 5 heteroatoms. The molecule has 114 valence electrons. The molecule has 0 saturated carbocycles. The Morgan fingerprint density at radius 3 is 2.65 bits per heavy atom. The number of likely N-dealkylation sites (N-methyl/N-ethyl adjacent to an activating group) is 1. The van der Waals surface area contributed by atoms with Gasteiger partial charge in [0.2, 0.25) is 0 Å². The van der Waals surface area contributed by atoms with Crippen LogP contribution >= 0.6 is 0 Å². The zero-order valence-corrected chi connectivity index (χ0v) is 12.7. The molecule has 0 unspecified atom stereocenters. The number of aryl methyl sites for hydroxylation is 1. The Morgan fingerprint density at radius 1 is 1.30 bits per heavy atom. The average Bonchev–Trinajstić information content (AvgIpc) is 2.41. The molecule has 0 amide bonds. The largest absolute Gasteiger partial charge is 0.493 e. The van der Waals surface area contributed by atoms with Crippen molar-refractivity contribution in [1.29, 1.82) is 0 Å². The van der Waals surface area contributed by atoms with Crippen LogP contribution in [0.4, 0.5) is 5.69 Å². The standard InChI is InChI=1S/C15H26N2O3/c1-4-20-15-12(6-5-7-17(2)8-9-18)10-13(16)11-14(15)19-3/h10-11,18H,4-9,16H2,1-3H3. The Labute approximate surface area is 121 Å². The predicted octanol–water partition coefficient (Wildman–Crippen LogP) is 1.53. The van der Waals surface area contributed by atoms with Gasteiger partial charge in [-0.25, -0.2) is 0 Å². The molecule has 0 aliphatic heterocycles. The molecule has 0 aliphatic rings. The van der Waals surface area contributed by atoms with Crippen LogP contribution in [0.1, 0.15) is 18.9 Å². The topological polar surface area (TPSA) is 68.0 Å². The second-order valence-corrected chi connectivity index (χ2v) is 4.77. The van der Waals surface area contributed by atoms with Crippen molar-refractivity contribution < 1.29 is 14.6 Å². The summed E-state index contributed by atoms with van der Waals surface area (Å²) in [6, 6.07) is 3.73. The first kappa shape index (κ1) is 16.6. The number of hydrogen-bond donors (Lipinski definition) is 2. The summed E-state index contributed by atoms with van der Waals surface area (Å²) in [5, 5.41) is 8.88. The molecular formula is C15H26N2O3. The van der Waals surface area contributed by atoms with Gasteiger partial charge in [-0.3, -0.25) is 0 Å². The zero-order chi connectivity index (χ0) is 15.0. The average molecular weight is 282 g/mol. The van der Waals surface area contributed by atoms with E-state index in [2.05, 4.69) is 4.90 Å². The number of methoxy groups -OCH3 is 1. The molecule has 1 rings (SSSR count). The van der Waals surface area contributed by atoms with Crippen LogP contribution in [0.25, 0.3) is 0 Å². The van der Waals surface area contributed by atoms with Crippen LogP contribution in [0.3, 0.4) is 0 Å². The summed E-state index contributed by atoms with van der Waals surface area (Å²) in [5.41, 5.74) is 7.65. The number of hydrogen-bond acceptors (Lipinski definition) is 5.